The number of carbonyl (C=O) groups excluding carboxylic acids is 1. The van der Waals surface area contributed by atoms with Crippen LogP contribution in [0.1, 0.15) is 21.1 Å². The Labute approximate surface area is 112 Å². The second-order valence-corrected chi connectivity index (χ2v) is 6.10. The topological polar surface area (TPSA) is 42.0 Å². The Balaban J connectivity index is 1.98. The van der Waals surface area contributed by atoms with Gasteiger partial charge in [0.2, 0.25) is 0 Å². The molecule has 17 heavy (non-hydrogen) atoms. The van der Waals surface area contributed by atoms with Gasteiger partial charge in [-0.3, -0.25) is 4.79 Å². The summed E-state index contributed by atoms with van der Waals surface area (Å²) in [5, 5.41) is 2.84. The first-order valence-corrected chi connectivity index (χ1v) is 6.72. The molecule has 0 radical (unpaired) electrons. The van der Waals surface area contributed by atoms with Crippen molar-refractivity contribution in [3.8, 4) is 0 Å². The van der Waals surface area contributed by atoms with Crippen LogP contribution in [0.15, 0.2) is 34.1 Å². The third-order valence-corrected chi connectivity index (χ3v) is 3.80. The van der Waals surface area contributed by atoms with Crippen LogP contribution in [-0.2, 0) is 6.54 Å². The summed E-state index contributed by atoms with van der Waals surface area (Å²) < 4.78 is 1.07. The summed E-state index contributed by atoms with van der Waals surface area (Å²) in [7, 11) is 0. The van der Waals surface area contributed by atoms with Gasteiger partial charge in [-0.25, -0.2) is 4.98 Å². The number of nitrogens with one attached hydrogen (secondary N) is 1. The zero-order valence-corrected chi connectivity index (χ0v) is 11.6. The van der Waals surface area contributed by atoms with Gasteiger partial charge in [0.1, 0.15) is 5.69 Å². The molecule has 0 unspecified atom stereocenters. The first-order valence-electron chi connectivity index (χ1n) is 5.11. The van der Waals surface area contributed by atoms with Crippen LogP contribution in [0.5, 0.6) is 0 Å². The monoisotopic (exact) mass is 310 g/mol. The zero-order chi connectivity index (χ0) is 12.3. The van der Waals surface area contributed by atoms with Gasteiger partial charge in [-0.1, -0.05) is 6.07 Å². The van der Waals surface area contributed by atoms with Gasteiger partial charge in [0.15, 0.2) is 0 Å². The van der Waals surface area contributed by atoms with E-state index < -0.39 is 0 Å². The maximum absolute atomic E-state index is 11.8. The highest BCUT2D eigenvalue weighted by Gasteiger charge is 2.07. The van der Waals surface area contributed by atoms with Crippen LogP contribution in [0.2, 0.25) is 0 Å². The first kappa shape index (κ1) is 12.3. The van der Waals surface area contributed by atoms with Gasteiger partial charge in [-0.05, 0) is 47.1 Å². The van der Waals surface area contributed by atoms with Crippen molar-refractivity contribution in [1.29, 1.82) is 0 Å². The minimum Gasteiger partial charge on any atom is -0.346 e. The Morgan fingerprint density at radius 3 is 2.88 bits per heavy atom. The lowest BCUT2D eigenvalue weighted by atomic mass is 10.3. The number of pyridine rings is 1. The highest BCUT2D eigenvalue weighted by molar-refractivity contribution is 9.11. The molecule has 0 aliphatic heterocycles. The first-order chi connectivity index (χ1) is 8.15. The number of aryl methyl sites for hydroxylation is 1. The van der Waals surface area contributed by atoms with Crippen molar-refractivity contribution < 1.29 is 4.79 Å². The number of hydrogen-bond acceptors (Lipinski definition) is 3. The smallest absolute Gasteiger partial charge is 0.270 e. The number of rotatable bonds is 3. The van der Waals surface area contributed by atoms with Crippen molar-refractivity contribution >= 4 is 33.2 Å². The normalized spacial score (nSPS) is 10.2. The maximum Gasteiger partial charge on any atom is 0.270 e. The molecule has 0 saturated carbocycles. The van der Waals surface area contributed by atoms with Crippen LogP contribution in [0.25, 0.3) is 0 Å². The molecule has 2 aromatic rings. The molecule has 0 aliphatic rings. The molecule has 0 bridgehead atoms. The van der Waals surface area contributed by atoms with E-state index in [1.54, 1.807) is 17.4 Å². The molecule has 0 atom stereocenters. The van der Waals surface area contributed by atoms with Crippen molar-refractivity contribution in [2.24, 2.45) is 0 Å². The van der Waals surface area contributed by atoms with Crippen LogP contribution in [0.4, 0.5) is 0 Å². The summed E-state index contributed by atoms with van der Waals surface area (Å²) in [6.07, 6.45) is 0. The second kappa shape index (κ2) is 5.42. The average Bonchev–Trinajstić information content (AvgIpc) is 2.72. The number of nitrogens with zero attached hydrogens (tertiary/aromatic N) is 1. The molecule has 88 valence electrons. The lowest BCUT2D eigenvalue weighted by Gasteiger charge is -2.03. The fraction of sp³-hybridized carbons (Fsp3) is 0.167. The minimum absolute atomic E-state index is 0.141. The van der Waals surface area contributed by atoms with E-state index in [0.29, 0.717) is 12.2 Å². The van der Waals surface area contributed by atoms with E-state index in [2.05, 4.69) is 26.2 Å². The summed E-state index contributed by atoms with van der Waals surface area (Å²) in [6.45, 7) is 2.40. The fourth-order valence-corrected chi connectivity index (χ4v) is 2.80. The van der Waals surface area contributed by atoms with Gasteiger partial charge in [0, 0.05) is 10.6 Å². The molecule has 2 heterocycles. The number of hydrogen-bond donors (Lipinski definition) is 1. The number of amides is 1. The molecular formula is C12H11BrN2OS. The highest BCUT2D eigenvalue weighted by Crippen LogP contribution is 2.21. The van der Waals surface area contributed by atoms with Gasteiger partial charge in [0.05, 0.1) is 10.3 Å². The Bertz CT molecular complexity index is 539. The van der Waals surface area contributed by atoms with Crippen LogP contribution in [0, 0.1) is 6.92 Å². The fourth-order valence-electron chi connectivity index (χ4n) is 1.37. The van der Waals surface area contributed by atoms with Crippen molar-refractivity contribution in [2.45, 2.75) is 13.5 Å². The summed E-state index contributed by atoms with van der Waals surface area (Å²) in [5.41, 5.74) is 1.30. The molecule has 0 fully saturated rings. The molecule has 0 spiro atoms. The highest BCUT2D eigenvalue weighted by atomic mass is 79.9. The molecular weight excluding hydrogens is 300 g/mol. The summed E-state index contributed by atoms with van der Waals surface area (Å²) in [4.78, 5) is 17.1. The van der Waals surface area contributed by atoms with E-state index in [1.165, 1.54) is 0 Å². The minimum atomic E-state index is -0.141. The van der Waals surface area contributed by atoms with Crippen LogP contribution < -0.4 is 5.32 Å². The quantitative estimate of drug-likeness (QED) is 0.946. The predicted molar refractivity (Wildman–Crippen MR) is 72.2 cm³/mol. The van der Waals surface area contributed by atoms with Crippen molar-refractivity contribution in [2.75, 3.05) is 0 Å². The molecule has 0 aliphatic carbocycles. The van der Waals surface area contributed by atoms with Crippen molar-refractivity contribution in [3.05, 3.63) is 50.4 Å². The van der Waals surface area contributed by atoms with E-state index >= 15 is 0 Å². The molecule has 1 amide bonds. The van der Waals surface area contributed by atoms with Crippen molar-refractivity contribution in [3.63, 3.8) is 0 Å². The lowest BCUT2D eigenvalue weighted by molar-refractivity contribution is 0.0946. The molecule has 5 heteroatoms. The second-order valence-electron chi connectivity index (χ2n) is 3.55. The van der Waals surface area contributed by atoms with Crippen LogP contribution in [-0.4, -0.2) is 10.9 Å². The lowest BCUT2D eigenvalue weighted by Crippen LogP contribution is -2.23. The Kier molecular flexibility index (Phi) is 3.91. The van der Waals surface area contributed by atoms with E-state index in [0.717, 1.165) is 14.4 Å². The van der Waals surface area contributed by atoms with Gasteiger partial charge in [0.25, 0.3) is 5.91 Å². The Morgan fingerprint density at radius 1 is 1.41 bits per heavy atom. The molecule has 3 nitrogen and oxygen atoms in total. The zero-order valence-electron chi connectivity index (χ0n) is 9.24. The molecule has 0 aromatic carbocycles. The van der Waals surface area contributed by atoms with Gasteiger partial charge in [-0.15, -0.1) is 11.3 Å². The standard InChI is InChI=1S/C12H11BrN2OS/c1-8-3-2-4-10(15-8)12(16)14-7-9-5-6-11(13)17-9/h2-6H,7H2,1H3,(H,14,16). The third-order valence-electron chi connectivity index (χ3n) is 2.17. The molecule has 1 N–H and O–H groups in total. The predicted octanol–water partition coefficient (Wildman–Crippen LogP) is 3.14. The summed E-state index contributed by atoms with van der Waals surface area (Å²) in [5.74, 6) is -0.141. The van der Waals surface area contributed by atoms with Gasteiger partial charge in [-0.2, -0.15) is 0 Å². The van der Waals surface area contributed by atoms with E-state index in [9.17, 15) is 4.79 Å². The number of aromatic nitrogens is 1. The number of thiophene rings is 1. The Hall–Kier alpha value is -1.20. The van der Waals surface area contributed by atoms with E-state index in [4.69, 9.17) is 0 Å². The average molecular weight is 311 g/mol. The van der Waals surface area contributed by atoms with E-state index in [-0.39, 0.29) is 5.91 Å². The third kappa shape index (κ3) is 3.38. The molecule has 2 aromatic heterocycles. The van der Waals surface area contributed by atoms with Crippen molar-refractivity contribution in [1.82, 2.24) is 10.3 Å². The van der Waals surface area contributed by atoms with Crippen LogP contribution in [0.3, 0.4) is 0 Å². The SMILES string of the molecule is Cc1cccc(C(=O)NCc2ccc(Br)s2)n1. The van der Waals surface area contributed by atoms with Gasteiger partial charge < -0.3 is 5.32 Å². The number of carbonyl (C=O) groups is 1. The maximum atomic E-state index is 11.8. The number of halogens is 1. The Morgan fingerprint density at radius 2 is 2.24 bits per heavy atom. The molecule has 2 rings (SSSR count). The van der Waals surface area contributed by atoms with Crippen LogP contribution >= 0.6 is 27.3 Å². The molecule has 0 saturated heterocycles. The summed E-state index contributed by atoms with van der Waals surface area (Å²) >= 11 is 5.00. The van der Waals surface area contributed by atoms with E-state index in [1.807, 2.05) is 31.2 Å². The van der Waals surface area contributed by atoms with Gasteiger partial charge >= 0.3 is 0 Å². The largest absolute Gasteiger partial charge is 0.346 e. The summed E-state index contributed by atoms with van der Waals surface area (Å²) in [6, 6.07) is 9.37.